The summed E-state index contributed by atoms with van der Waals surface area (Å²) in [6.45, 7) is 3.49. The number of carbonyl (C=O) groups excluding carboxylic acids is 1. The fourth-order valence-corrected chi connectivity index (χ4v) is 4.40. The predicted octanol–water partition coefficient (Wildman–Crippen LogP) is 2.65. The molecule has 0 unspecified atom stereocenters. The highest BCUT2D eigenvalue weighted by molar-refractivity contribution is 7.88. The monoisotopic (exact) mass is 415 g/mol. The fourth-order valence-electron chi connectivity index (χ4n) is 3.56. The van der Waals surface area contributed by atoms with Gasteiger partial charge in [-0.25, -0.2) is 13.1 Å². The van der Waals surface area contributed by atoms with Crippen LogP contribution in [-0.2, 0) is 28.9 Å². The second-order valence-electron chi connectivity index (χ2n) is 7.45. The number of rotatable bonds is 8. The number of hydrogen-bond acceptors (Lipinski definition) is 4. The van der Waals surface area contributed by atoms with E-state index < -0.39 is 10.0 Å². The first-order chi connectivity index (χ1) is 14.0. The van der Waals surface area contributed by atoms with Crippen molar-refractivity contribution in [1.29, 1.82) is 0 Å². The Labute approximate surface area is 173 Å². The molecule has 1 saturated heterocycles. The molecule has 0 radical (unpaired) electrons. The molecule has 2 aromatic rings. The van der Waals surface area contributed by atoms with Crippen LogP contribution in [-0.4, -0.2) is 39.4 Å². The molecule has 0 aliphatic carbocycles. The Bertz CT molecular complexity index is 921. The third-order valence-corrected chi connectivity index (χ3v) is 6.60. The highest BCUT2D eigenvalue weighted by atomic mass is 32.2. The van der Waals surface area contributed by atoms with Gasteiger partial charge in [0, 0.05) is 18.7 Å². The molecule has 6 nitrogen and oxygen atoms in total. The van der Waals surface area contributed by atoms with E-state index in [-0.39, 0.29) is 18.2 Å². The summed E-state index contributed by atoms with van der Waals surface area (Å²) in [4.78, 5) is 15.0. The van der Waals surface area contributed by atoms with Crippen molar-refractivity contribution in [3.8, 4) is 0 Å². The quantitative estimate of drug-likeness (QED) is 0.695. The second-order valence-corrected chi connectivity index (χ2v) is 9.37. The number of hydrogen-bond donors (Lipinski definition) is 2. The zero-order valence-corrected chi connectivity index (χ0v) is 17.7. The number of sulfonamides is 1. The average molecular weight is 416 g/mol. The molecule has 156 valence electrons. The molecule has 1 aliphatic rings. The normalized spacial score (nSPS) is 15.2. The van der Waals surface area contributed by atoms with Crippen LogP contribution in [0.25, 0.3) is 0 Å². The second kappa shape index (κ2) is 10.0. The van der Waals surface area contributed by atoms with Crippen LogP contribution in [0.1, 0.15) is 46.3 Å². The molecule has 1 heterocycles. The van der Waals surface area contributed by atoms with Gasteiger partial charge in [-0.2, -0.15) is 0 Å². The Kier molecular flexibility index (Phi) is 7.41. The molecule has 1 fully saturated rings. The van der Waals surface area contributed by atoms with Crippen LogP contribution in [0.2, 0.25) is 0 Å². The van der Waals surface area contributed by atoms with Crippen molar-refractivity contribution in [2.45, 2.75) is 38.1 Å². The van der Waals surface area contributed by atoms with E-state index in [1.807, 2.05) is 36.4 Å². The smallest absolute Gasteiger partial charge is 0.251 e. The van der Waals surface area contributed by atoms with Gasteiger partial charge in [0.1, 0.15) is 0 Å². The van der Waals surface area contributed by atoms with E-state index in [2.05, 4.69) is 14.9 Å². The van der Waals surface area contributed by atoms with Crippen molar-refractivity contribution in [1.82, 2.24) is 14.9 Å². The molecule has 1 amide bonds. The zero-order chi connectivity index (χ0) is 20.7. The third kappa shape index (κ3) is 6.39. The summed E-state index contributed by atoms with van der Waals surface area (Å²) < 4.78 is 26.0. The Morgan fingerprint density at radius 1 is 0.966 bits per heavy atom. The van der Waals surface area contributed by atoms with Gasteiger partial charge in [-0.3, -0.25) is 9.69 Å². The number of carbonyl (C=O) groups is 1. The SMILES string of the molecule is CNS(=O)(=O)Cc1ccccc1CNC(=O)c1ccc(CN2CCCCC2)cc1. The van der Waals surface area contributed by atoms with Crippen LogP contribution < -0.4 is 10.0 Å². The Hall–Kier alpha value is -2.22. The summed E-state index contributed by atoms with van der Waals surface area (Å²) in [7, 11) is -1.97. The van der Waals surface area contributed by atoms with Crippen molar-refractivity contribution in [2.24, 2.45) is 0 Å². The molecule has 0 aromatic heterocycles. The van der Waals surface area contributed by atoms with Crippen LogP contribution in [0, 0.1) is 0 Å². The molecular formula is C22H29N3O3S. The van der Waals surface area contributed by atoms with Crippen molar-refractivity contribution in [2.75, 3.05) is 20.1 Å². The molecule has 2 N–H and O–H groups in total. The lowest BCUT2D eigenvalue weighted by Crippen LogP contribution is -2.29. The summed E-state index contributed by atoms with van der Waals surface area (Å²) in [6, 6.07) is 15.0. The molecule has 0 saturated carbocycles. The lowest BCUT2D eigenvalue weighted by molar-refractivity contribution is 0.0951. The summed E-state index contributed by atoms with van der Waals surface area (Å²) in [5.74, 6) is -0.276. The molecule has 7 heteroatoms. The summed E-state index contributed by atoms with van der Waals surface area (Å²) in [6.07, 6.45) is 3.84. The highest BCUT2D eigenvalue weighted by Crippen LogP contribution is 2.15. The first-order valence-electron chi connectivity index (χ1n) is 10.0. The topological polar surface area (TPSA) is 78.5 Å². The fraction of sp³-hybridized carbons (Fsp3) is 0.409. The summed E-state index contributed by atoms with van der Waals surface area (Å²) in [5, 5.41) is 2.90. The average Bonchev–Trinajstić information content (AvgIpc) is 2.74. The van der Waals surface area contributed by atoms with Crippen molar-refractivity contribution in [3.05, 3.63) is 70.8 Å². The molecular weight excluding hydrogens is 386 g/mol. The van der Waals surface area contributed by atoms with Gasteiger partial charge in [0.05, 0.1) is 5.75 Å². The number of likely N-dealkylation sites (tertiary alicyclic amines) is 1. The maximum absolute atomic E-state index is 12.5. The first-order valence-corrected chi connectivity index (χ1v) is 11.7. The van der Waals surface area contributed by atoms with Crippen LogP contribution in [0.4, 0.5) is 0 Å². The van der Waals surface area contributed by atoms with Crippen molar-refractivity contribution in [3.63, 3.8) is 0 Å². The van der Waals surface area contributed by atoms with Crippen LogP contribution >= 0.6 is 0 Å². The maximum Gasteiger partial charge on any atom is 0.251 e. The van der Waals surface area contributed by atoms with E-state index in [0.717, 1.165) is 25.2 Å². The van der Waals surface area contributed by atoms with E-state index in [1.165, 1.54) is 31.9 Å². The number of piperidine rings is 1. The summed E-state index contributed by atoms with van der Waals surface area (Å²) >= 11 is 0. The maximum atomic E-state index is 12.5. The zero-order valence-electron chi connectivity index (χ0n) is 16.9. The standard InChI is InChI=1S/C22H29N3O3S/c1-23-29(27,28)17-21-8-4-3-7-20(21)15-24-22(26)19-11-9-18(10-12-19)16-25-13-5-2-6-14-25/h3-4,7-12,23H,2,5-6,13-17H2,1H3,(H,24,26). The van der Waals surface area contributed by atoms with Gasteiger partial charge in [-0.15, -0.1) is 0 Å². The molecule has 0 atom stereocenters. The summed E-state index contributed by atoms with van der Waals surface area (Å²) in [5.41, 5.74) is 3.29. The molecule has 0 spiro atoms. The van der Waals surface area contributed by atoms with E-state index in [4.69, 9.17) is 0 Å². The number of nitrogens with one attached hydrogen (secondary N) is 2. The van der Waals surface area contributed by atoms with E-state index in [1.54, 1.807) is 12.1 Å². The van der Waals surface area contributed by atoms with Crippen molar-refractivity contribution < 1.29 is 13.2 Å². The van der Waals surface area contributed by atoms with Crippen LogP contribution in [0.5, 0.6) is 0 Å². The Morgan fingerprint density at radius 2 is 1.62 bits per heavy atom. The van der Waals surface area contributed by atoms with E-state index in [9.17, 15) is 13.2 Å². The number of benzene rings is 2. The predicted molar refractivity (Wildman–Crippen MR) is 115 cm³/mol. The van der Waals surface area contributed by atoms with Gasteiger partial charge in [-0.1, -0.05) is 42.8 Å². The van der Waals surface area contributed by atoms with Crippen LogP contribution in [0.15, 0.2) is 48.5 Å². The first kappa shape index (κ1) is 21.5. The third-order valence-electron chi connectivity index (χ3n) is 5.29. The minimum Gasteiger partial charge on any atom is -0.348 e. The van der Waals surface area contributed by atoms with E-state index in [0.29, 0.717) is 11.1 Å². The Balaban J connectivity index is 1.58. The van der Waals surface area contributed by atoms with E-state index >= 15 is 0 Å². The van der Waals surface area contributed by atoms with Gasteiger partial charge in [0.2, 0.25) is 10.0 Å². The van der Waals surface area contributed by atoms with Crippen LogP contribution in [0.3, 0.4) is 0 Å². The number of nitrogens with zero attached hydrogens (tertiary/aromatic N) is 1. The molecule has 2 aromatic carbocycles. The Morgan fingerprint density at radius 3 is 2.28 bits per heavy atom. The van der Waals surface area contributed by atoms with Gasteiger partial charge in [-0.05, 0) is 61.8 Å². The largest absolute Gasteiger partial charge is 0.348 e. The molecule has 3 rings (SSSR count). The van der Waals surface area contributed by atoms with Crippen molar-refractivity contribution >= 4 is 15.9 Å². The van der Waals surface area contributed by atoms with Gasteiger partial charge in [0.15, 0.2) is 0 Å². The lowest BCUT2D eigenvalue weighted by Gasteiger charge is -2.26. The highest BCUT2D eigenvalue weighted by Gasteiger charge is 2.14. The van der Waals surface area contributed by atoms with Gasteiger partial charge < -0.3 is 5.32 Å². The lowest BCUT2D eigenvalue weighted by atomic mass is 10.1. The minimum atomic E-state index is -3.37. The minimum absolute atomic E-state index is 0.110. The molecule has 29 heavy (non-hydrogen) atoms. The van der Waals surface area contributed by atoms with Gasteiger partial charge in [0.25, 0.3) is 5.91 Å². The molecule has 1 aliphatic heterocycles. The van der Waals surface area contributed by atoms with Gasteiger partial charge >= 0.3 is 0 Å². The molecule has 0 bridgehead atoms. The number of amides is 1.